The number of halogens is 1. The van der Waals surface area contributed by atoms with Crippen LogP contribution >= 0.6 is 15.9 Å². The number of aryl methyl sites for hydroxylation is 1. The third kappa shape index (κ3) is 2.98. The molecule has 0 amide bonds. The van der Waals surface area contributed by atoms with E-state index in [0.29, 0.717) is 21.4 Å². The number of hydrogen-bond acceptors (Lipinski definition) is 4. The number of anilines is 2. The van der Waals surface area contributed by atoms with Crippen molar-refractivity contribution in [3.8, 4) is 5.75 Å². The Hall–Kier alpha value is -1.73. The summed E-state index contributed by atoms with van der Waals surface area (Å²) in [5.74, 6) is 0.00147. The minimum Gasteiger partial charge on any atom is -0.508 e. The largest absolute Gasteiger partial charge is 0.508 e. The molecule has 2 aromatic carbocycles. The van der Waals surface area contributed by atoms with E-state index in [9.17, 15) is 13.5 Å². The van der Waals surface area contributed by atoms with Crippen LogP contribution in [0.5, 0.6) is 5.75 Å². The summed E-state index contributed by atoms with van der Waals surface area (Å²) in [4.78, 5) is 0.133. The molecule has 0 aliphatic carbocycles. The summed E-state index contributed by atoms with van der Waals surface area (Å²) in [5, 5.41) is 9.49. The molecule has 0 radical (unpaired) electrons. The summed E-state index contributed by atoms with van der Waals surface area (Å²) in [5.41, 5.74) is 7.09. The van der Waals surface area contributed by atoms with E-state index >= 15 is 0 Å². The van der Waals surface area contributed by atoms with E-state index < -0.39 is 10.0 Å². The van der Waals surface area contributed by atoms with Gasteiger partial charge in [0.1, 0.15) is 5.75 Å². The van der Waals surface area contributed by atoms with Crippen LogP contribution in [0.2, 0.25) is 0 Å². The van der Waals surface area contributed by atoms with Crippen LogP contribution < -0.4 is 10.0 Å². The number of hydrogen-bond donors (Lipinski definition) is 2. The van der Waals surface area contributed by atoms with Gasteiger partial charge in [0.15, 0.2) is 0 Å². The van der Waals surface area contributed by atoms with E-state index in [0.717, 1.165) is 4.31 Å². The van der Waals surface area contributed by atoms with E-state index in [1.807, 2.05) is 0 Å². The molecule has 2 rings (SSSR count). The lowest BCUT2D eigenvalue weighted by Crippen LogP contribution is -2.27. The van der Waals surface area contributed by atoms with Crippen molar-refractivity contribution in [3.63, 3.8) is 0 Å². The van der Waals surface area contributed by atoms with Crippen LogP contribution in [0.3, 0.4) is 0 Å². The van der Waals surface area contributed by atoms with Gasteiger partial charge in [-0.15, -0.1) is 0 Å². The Morgan fingerprint density at radius 3 is 2.52 bits per heavy atom. The molecule has 112 valence electrons. The van der Waals surface area contributed by atoms with Gasteiger partial charge in [-0.3, -0.25) is 4.31 Å². The van der Waals surface area contributed by atoms with Crippen molar-refractivity contribution in [2.45, 2.75) is 11.8 Å². The number of aromatic hydroxyl groups is 1. The van der Waals surface area contributed by atoms with Crippen molar-refractivity contribution in [2.24, 2.45) is 0 Å². The van der Waals surface area contributed by atoms with Crippen molar-refractivity contribution in [1.29, 1.82) is 0 Å². The molecule has 0 fully saturated rings. The average Bonchev–Trinajstić information content (AvgIpc) is 2.41. The van der Waals surface area contributed by atoms with E-state index in [2.05, 4.69) is 15.9 Å². The van der Waals surface area contributed by atoms with Gasteiger partial charge in [0.25, 0.3) is 10.0 Å². The summed E-state index contributed by atoms with van der Waals surface area (Å²) in [7, 11) is -2.33. The van der Waals surface area contributed by atoms with Crippen LogP contribution in [-0.4, -0.2) is 20.6 Å². The van der Waals surface area contributed by atoms with Crippen LogP contribution in [0.1, 0.15) is 5.56 Å². The lowest BCUT2D eigenvalue weighted by molar-refractivity contribution is 0.475. The quantitative estimate of drug-likeness (QED) is 0.813. The predicted octanol–water partition coefficient (Wildman–Crippen LogP) is 2.87. The summed E-state index contributed by atoms with van der Waals surface area (Å²) >= 11 is 3.27. The second-order valence-electron chi connectivity index (χ2n) is 4.63. The Balaban J connectivity index is 2.54. The number of phenols is 1. The van der Waals surface area contributed by atoms with Crippen LogP contribution in [0.15, 0.2) is 45.8 Å². The van der Waals surface area contributed by atoms with Crippen molar-refractivity contribution >= 4 is 37.3 Å². The first-order chi connectivity index (χ1) is 9.73. The highest BCUT2D eigenvalue weighted by molar-refractivity contribution is 9.10. The number of nitrogens with two attached hydrogens (primary N) is 1. The second-order valence-corrected chi connectivity index (χ2v) is 7.42. The highest BCUT2D eigenvalue weighted by Crippen LogP contribution is 2.30. The fraction of sp³-hybridized carbons (Fsp3) is 0.143. The van der Waals surface area contributed by atoms with Crippen LogP contribution in [0, 0.1) is 6.92 Å². The van der Waals surface area contributed by atoms with E-state index in [-0.39, 0.29) is 10.6 Å². The Labute approximate surface area is 132 Å². The van der Waals surface area contributed by atoms with Gasteiger partial charge < -0.3 is 10.8 Å². The molecule has 0 saturated carbocycles. The minimum absolute atomic E-state index is 0.00147. The zero-order valence-electron chi connectivity index (χ0n) is 11.5. The predicted molar refractivity (Wildman–Crippen MR) is 87.0 cm³/mol. The SMILES string of the molecule is Cc1cc(Br)c(N)cc1S(=O)(=O)N(C)c1cccc(O)c1. The smallest absolute Gasteiger partial charge is 0.264 e. The zero-order chi connectivity index (χ0) is 15.8. The van der Waals surface area contributed by atoms with Gasteiger partial charge in [-0.05, 0) is 52.7 Å². The normalized spacial score (nSPS) is 11.4. The Morgan fingerprint density at radius 2 is 1.90 bits per heavy atom. The first-order valence-electron chi connectivity index (χ1n) is 6.07. The Morgan fingerprint density at radius 1 is 1.24 bits per heavy atom. The fourth-order valence-corrected chi connectivity index (χ4v) is 3.81. The first kappa shape index (κ1) is 15.7. The molecule has 0 atom stereocenters. The van der Waals surface area contributed by atoms with Gasteiger partial charge in [-0.25, -0.2) is 8.42 Å². The molecule has 0 unspecified atom stereocenters. The van der Waals surface area contributed by atoms with Crippen molar-refractivity contribution in [1.82, 2.24) is 0 Å². The molecule has 3 N–H and O–H groups in total. The minimum atomic E-state index is -3.76. The van der Waals surface area contributed by atoms with E-state index in [4.69, 9.17) is 5.73 Å². The van der Waals surface area contributed by atoms with Gasteiger partial charge in [-0.1, -0.05) is 6.07 Å². The maximum Gasteiger partial charge on any atom is 0.264 e. The fourth-order valence-electron chi connectivity index (χ4n) is 1.92. The molecule has 7 heteroatoms. The monoisotopic (exact) mass is 370 g/mol. The van der Waals surface area contributed by atoms with Crippen LogP contribution in [0.25, 0.3) is 0 Å². The molecule has 5 nitrogen and oxygen atoms in total. The van der Waals surface area contributed by atoms with Gasteiger partial charge in [0.2, 0.25) is 0 Å². The molecule has 0 saturated heterocycles. The van der Waals surface area contributed by atoms with Gasteiger partial charge in [0, 0.05) is 23.3 Å². The molecule has 0 aromatic heterocycles. The second kappa shape index (κ2) is 5.57. The number of sulfonamides is 1. The average molecular weight is 371 g/mol. The summed E-state index contributed by atoms with van der Waals surface area (Å²) in [6.45, 7) is 1.70. The third-order valence-corrected chi connectivity index (χ3v) is 5.74. The third-order valence-electron chi connectivity index (χ3n) is 3.13. The molecule has 0 spiro atoms. The molecular formula is C14H15BrN2O3S. The number of nitrogen functional groups attached to an aromatic ring is 1. The number of rotatable bonds is 3. The molecule has 21 heavy (non-hydrogen) atoms. The molecule has 0 heterocycles. The van der Waals surface area contributed by atoms with Gasteiger partial charge in [-0.2, -0.15) is 0 Å². The summed E-state index contributed by atoms with van der Waals surface area (Å²) < 4.78 is 27.2. The number of benzene rings is 2. The standard InChI is InChI=1S/C14H15BrN2O3S/c1-9-6-12(15)13(16)8-14(9)21(19,20)17(2)10-4-3-5-11(18)7-10/h3-8,18H,16H2,1-2H3. The first-order valence-corrected chi connectivity index (χ1v) is 8.30. The van der Waals surface area contributed by atoms with Crippen LogP contribution in [-0.2, 0) is 10.0 Å². The Bertz CT molecular complexity index is 791. The van der Waals surface area contributed by atoms with E-state index in [1.165, 1.54) is 25.2 Å². The van der Waals surface area contributed by atoms with Crippen molar-refractivity contribution in [3.05, 3.63) is 46.4 Å². The molecule has 0 bridgehead atoms. The lowest BCUT2D eigenvalue weighted by atomic mass is 10.2. The number of nitrogens with zero attached hydrogens (tertiary/aromatic N) is 1. The molecular weight excluding hydrogens is 356 g/mol. The summed E-state index contributed by atoms with van der Waals surface area (Å²) in [6.07, 6.45) is 0. The Kier molecular flexibility index (Phi) is 4.15. The highest BCUT2D eigenvalue weighted by Gasteiger charge is 2.24. The molecule has 0 aliphatic rings. The van der Waals surface area contributed by atoms with Crippen molar-refractivity contribution < 1.29 is 13.5 Å². The lowest BCUT2D eigenvalue weighted by Gasteiger charge is -2.21. The zero-order valence-corrected chi connectivity index (χ0v) is 13.9. The molecule has 0 aliphatic heterocycles. The highest BCUT2D eigenvalue weighted by atomic mass is 79.9. The van der Waals surface area contributed by atoms with E-state index in [1.54, 1.807) is 25.1 Å². The maximum atomic E-state index is 12.7. The summed E-state index contributed by atoms with van der Waals surface area (Å²) in [6, 6.07) is 9.14. The number of phenolic OH excluding ortho intramolecular Hbond substituents is 1. The topological polar surface area (TPSA) is 83.6 Å². The molecule has 2 aromatic rings. The van der Waals surface area contributed by atoms with Crippen LogP contribution in [0.4, 0.5) is 11.4 Å². The van der Waals surface area contributed by atoms with Crippen molar-refractivity contribution in [2.75, 3.05) is 17.1 Å². The maximum absolute atomic E-state index is 12.7. The van der Waals surface area contributed by atoms with Gasteiger partial charge >= 0.3 is 0 Å². The van der Waals surface area contributed by atoms with Gasteiger partial charge in [0.05, 0.1) is 10.6 Å².